The lowest BCUT2D eigenvalue weighted by molar-refractivity contribution is -0.123. The molecule has 11 nitrogen and oxygen atoms in total. The van der Waals surface area contributed by atoms with Gasteiger partial charge in [0.1, 0.15) is 23.5 Å². The van der Waals surface area contributed by atoms with Gasteiger partial charge in [-0.25, -0.2) is 9.97 Å². The van der Waals surface area contributed by atoms with Crippen LogP contribution in [0.15, 0.2) is 54.9 Å². The number of amides is 4. The molecule has 0 aliphatic carbocycles. The Balaban J connectivity index is 1.14. The Morgan fingerprint density at radius 2 is 1.61 bits per heavy atom. The van der Waals surface area contributed by atoms with Crippen molar-refractivity contribution in [2.24, 2.45) is 0 Å². The number of fused-ring (bicyclic) bond motifs is 1. The van der Waals surface area contributed by atoms with Gasteiger partial charge < -0.3 is 25.6 Å². The molecule has 3 aromatic rings. The van der Waals surface area contributed by atoms with Gasteiger partial charge in [0.25, 0.3) is 17.7 Å². The van der Waals surface area contributed by atoms with E-state index >= 15 is 0 Å². The van der Waals surface area contributed by atoms with Crippen molar-refractivity contribution in [1.29, 1.82) is 0 Å². The van der Waals surface area contributed by atoms with Gasteiger partial charge in [0.2, 0.25) is 5.91 Å². The molecule has 0 spiro atoms. The second kappa shape index (κ2) is 11.1. The number of carbonyl (C=O) groups excluding carboxylic acids is 4. The smallest absolute Gasteiger partial charge is 0.270 e. The summed E-state index contributed by atoms with van der Waals surface area (Å²) in [5.74, 6) is -0.385. The first-order chi connectivity index (χ1) is 18.5. The van der Waals surface area contributed by atoms with Crippen LogP contribution >= 0.6 is 0 Å². The van der Waals surface area contributed by atoms with Crippen molar-refractivity contribution in [1.82, 2.24) is 30.8 Å². The quantitative estimate of drug-likeness (QED) is 0.424. The number of hydrogen-bond acceptors (Lipinski definition) is 7. The van der Waals surface area contributed by atoms with Gasteiger partial charge in [-0.2, -0.15) is 0 Å². The number of rotatable bonds is 7. The molecule has 38 heavy (non-hydrogen) atoms. The second-order valence-corrected chi connectivity index (χ2v) is 8.97. The van der Waals surface area contributed by atoms with Crippen LogP contribution in [0.4, 0.5) is 0 Å². The fraction of sp³-hybridized carbons (Fsp3) is 0.259. The molecule has 2 aliphatic rings. The number of ether oxygens (including phenoxy) is 1. The van der Waals surface area contributed by atoms with Gasteiger partial charge in [-0.1, -0.05) is 24.3 Å². The maximum Gasteiger partial charge on any atom is 0.270 e. The third-order valence-corrected chi connectivity index (χ3v) is 6.32. The highest BCUT2D eigenvalue weighted by Crippen LogP contribution is 2.25. The van der Waals surface area contributed by atoms with Crippen LogP contribution in [0.5, 0.6) is 5.75 Å². The van der Waals surface area contributed by atoms with Gasteiger partial charge in [-0.05, 0) is 34.9 Å². The number of nitrogens with zero attached hydrogens (tertiary/aromatic N) is 3. The number of hydrogen-bond donors (Lipinski definition) is 3. The first-order valence-electron chi connectivity index (χ1n) is 12.2. The molecule has 0 bridgehead atoms. The van der Waals surface area contributed by atoms with Crippen LogP contribution in [0, 0.1) is 0 Å². The van der Waals surface area contributed by atoms with Crippen LogP contribution in [-0.2, 0) is 24.3 Å². The molecule has 2 aromatic carbocycles. The van der Waals surface area contributed by atoms with Crippen molar-refractivity contribution in [3.8, 4) is 5.75 Å². The van der Waals surface area contributed by atoms with Crippen LogP contribution < -0.4 is 20.7 Å². The fourth-order valence-electron chi connectivity index (χ4n) is 4.26. The van der Waals surface area contributed by atoms with E-state index < -0.39 is 11.8 Å². The van der Waals surface area contributed by atoms with Crippen LogP contribution in [0.2, 0.25) is 0 Å². The minimum absolute atomic E-state index is 0.0407. The summed E-state index contributed by atoms with van der Waals surface area (Å²) in [5.41, 5.74) is 3.46. The Kier molecular flexibility index (Phi) is 7.25. The summed E-state index contributed by atoms with van der Waals surface area (Å²) in [5, 5.41) is 8.27. The van der Waals surface area contributed by atoms with Gasteiger partial charge in [-0.3, -0.25) is 19.2 Å². The first-order valence-corrected chi connectivity index (χ1v) is 12.2. The van der Waals surface area contributed by atoms with E-state index in [-0.39, 0.29) is 36.3 Å². The van der Waals surface area contributed by atoms with Crippen molar-refractivity contribution in [2.45, 2.75) is 19.5 Å². The third-order valence-electron chi connectivity index (χ3n) is 6.32. The Labute approximate surface area is 218 Å². The van der Waals surface area contributed by atoms with E-state index in [2.05, 4.69) is 25.9 Å². The van der Waals surface area contributed by atoms with Crippen molar-refractivity contribution in [3.05, 3.63) is 88.5 Å². The monoisotopic (exact) mass is 514 g/mol. The maximum absolute atomic E-state index is 12.6. The summed E-state index contributed by atoms with van der Waals surface area (Å²) in [6.07, 6.45) is 2.03. The SMILES string of the molecule is O=C1CN(C(=O)c2ccc(CNC(=O)c3cc(C(=O)NCc4ccc5c(c4)CCO5)ncn3)cc2)CCN1. The molecule has 5 rings (SSSR count). The summed E-state index contributed by atoms with van der Waals surface area (Å²) in [6, 6.07) is 14.0. The minimum atomic E-state index is -0.459. The van der Waals surface area contributed by atoms with E-state index in [1.165, 1.54) is 17.3 Å². The van der Waals surface area contributed by atoms with E-state index in [0.717, 1.165) is 28.9 Å². The standard InChI is InChI=1S/C27H26N6O5/c34-24-15-33(9-8-28-24)27(37)19-4-1-17(2-5-19)13-29-25(35)21-12-22(32-16-31-21)26(36)30-14-18-3-6-23-20(11-18)7-10-38-23/h1-6,11-12,16H,7-10,13-15H2,(H,28,34)(H,29,35)(H,30,36). The van der Waals surface area contributed by atoms with Crippen LogP contribution in [0.3, 0.4) is 0 Å². The summed E-state index contributed by atoms with van der Waals surface area (Å²) in [4.78, 5) is 58.9. The van der Waals surface area contributed by atoms with Crippen LogP contribution in [0.25, 0.3) is 0 Å². The molecule has 194 valence electrons. The van der Waals surface area contributed by atoms with Crippen LogP contribution in [0.1, 0.15) is 48.0 Å². The lowest BCUT2D eigenvalue weighted by Gasteiger charge is -2.26. The molecule has 0 atom stereocenters. The second-order valence-electron chi connectivity index (χ2n) is 8.97. The van der Waals surface area contributed by atoms with Crippen molar-refractivity contribution >= 4 is 23.6 Å². The Bertz CT molecular complexity index is 1390. The zero-order valence-electron chi connectivity index (χ0n) is 20.5. The molecule has 1 saturated heterocycles. The normalized spacial score (nSPS) is 14.2. The molecular weight excluding hydrogens is 488 g/mol. The van der Waals surface area contributed by atoms with Gasteiger partial charge in [-0.15, -0.1) is 0 Å². The molecule has 3 heterocycles. The van der Waals surface area contributed by atoms with E-state index in [4.69, 9.17) is 4.74 Å². The van der Waals surface area contributed by atoms with Gasteiger partial charge >= 0.3 is 0 Å². The highest BCUT2D eigenvalue weighted by atomic mass is 16.5. The maximum atomic E-state index is 12.6. The molecule has 1 fully saturated rings. The summed E-state index contributed by atoms with van der Waals surface area (Å²) in [6.45, 7) is 2.13. The third kappa shape index (κ3) is 5.77. The predicted molar refractivity (Wildman–Crippen MR) is 135 cm³/mol. The lowest BCUT2D eigenvalue weighted by atomic mass is 10.1. The number of carbonyl (C=O) groups is 4. The molecule has 0 radical (unpaired) electrons. The van der Waals surface area contributed by atoms with E-state index in [1.807, 2.05) is 18.2 Å². The number of nitrogens with one attached hydrogen (secondary N) is 3. The van der Waals surface area contributed by atoms with Crippen molar-refractivity contribution in [2.75, 3.05) is 26.2 Å². The lowest BCUT2D eigenvalue weighted by Crippen LogP contribution is -2.49. The van der Waals surface area contributed by atoms with E-state index in [9.17, 15) is 19.2 Å². The molecular formula is C27H26N6O5. The van der Waals surface area contributed by atoms with Crippen molar-refractivity contribution < 1.29 is 23.9 Å². The zero-order valence-corrected chi connectivity index (χ0v) is 20.5. The van der Waals surface area contributed by atoms with Crippen molar-refractivity contribution in [3.63, 3.8) is 0 Å². The zero-order chi connectivity index (χ0) is 26.5. The summed E-state index contributed by atoms with van der Waals surface area (Å²) in [7, 11) is 0. The number of aromatic nitrogens is 2. The summed E-state index contributed by atoms with van der Waals surface area (Å²) >= 11 is 0. The molecule has 0 unspecified atom stereocenters. The molecule has 2 aliphatic heterocycles. The van der Waals surface area contributed by atoms with Gasteiger partial charge in [0.05, 0.1) is 13.2 Å². The molecule has 0 saturated carbocycles. The minimum Gasteiger partial charge on any atom is -0.493 e. The van der Waals surface area contributed by atoms with Gasteiger partial charge in [0.15, 0.2) is 0 Å². The largest absolute Gasteiger partial charge is 0.493 e. The Hall–Kier alpha value is -4.80. The average Bonchev–Trinajstić information content (AvgIpc) is 3.42. The first kappa shape index (κ1) is 24.9. The molecule has 4 amide bonds. The predicted octanol–water partition coefficient (Wildman–Crippen LogP) is 0.844. The summed E-state index contributed by atoms with van der Waals surface area (Å²) < 4.78 is 5.50. The molecule has 3 N–H and O–H groups in total. The van der Waals surface area contributed by atoms with E-state index in [1.54, 1.807) is 24.3 Å². The Morgan fingerprint density at radius 3 is 2.32 bits per heavy atom. The molecule has 11 heteroatoms. The van der Waals surface area contributed by atoms with E-state index in [0.29, 0.717) is 31.8 Å². The average molecular weight is 515 g/mol. The van der Waals surface area contributed by atoms with Gasteiger partial charge in [0, 0.05) is 44.2 Å². The topological polar surface area (TPSA) is 143 Å². The Morgan fingerprint density at radius 1 is 0.921 bits per heavy atom. The molecule has 1 aromatic heterocycles. The van der Waals surface area contributed by atoms with Crippen LogP contribution in [-0.4, -0.2) is 64.7 Å². The highest BCUT2D eigenvalue weighted by Gasteiger charge is 2.22. The highest BCUT2D eigenvalue weighted by molar-refractivity contribution is 5.98. The number of piperazine rings is 1. The fourth-order valence-corrected chi connectivity index (χ4v) is 4.26. The number of benzene rings is 2.